The molecule has 0 bridgehead atoms. The molecule has 0 heterocycles. The minimum absolute atomic E-state index is 1.02. The lowest BCUT2D eigenvalue weighted by Crippen LogP contribution is -2.04. The molecule has 0 saturated carbocycles. The second-order valence-electron chi connectivity index (χ2n) is 2.69. The zero-order chi connectivity index (χ0) is 9.23. The van der Waals surface area contributed by atoms with Crippen molar-refractivity contribution in [1.82, 2.24) is 4.72 Å². The summed E-state index contributed by atoms with van der Waals surface area (Å²) in [6.07, 6.45) is 6.41. The molecule has 0 aliphatic carbocycles. The molecule has 0 amide bonds. The van der Waals surface area contributed by atoms with E-state index in [1.165, 1.54) is 5.57 Å². The van der Waals surface area contributed by atoms with Crippen molar-refractivity contribution in [2.45, 2.75) is 26.7 Å². The zero-order valence-corrected chi connectivity index (χ0v) is 8.91. The summed E-state index contributed by atoms with van der Waals surface area (Å²) in [6, 6.07) is 0. The average molecular weight is 185 g/mol. The third-order valence-electron chi connectivity index (χ3n) is 1.63. The largest absolute Gasteiger partial charge is 0.264 e. The second kappa shape index (κ2) is 8.88. The monoisotopic (exact) mass is 185 g/mol. The van der Waals surface area contributed by atoms with Crippen LogP contribution in [-0.2, 0) is 0 Å². The predicted molar refractivity (Wildman–Crippen MR) is 59.3 cm³/mol. The van der Waals surface area contributed by atoms with E-state index in [2.05, 4.69) is 31.2 Å². The molecule has 0 aliphatic rings. The highest BCUT2D eigenvalue weighted by Gasteiger charge is 1.85. The Bertz CT molecular complexity index is 141. The number of allylic oxidation sites excluding steroid dienone is 1. The molecule has 0 fully saturated rings. The SMILES string of the molecule is C=CCCNSC/C=C(/C)CC. The molecule has 0 aromatic heterocycles. The van der Waals surface area contributed by atoms with E-state index in [0.29, 0.717) is 0 Å². The second-order valence-corrected chi connectivity index (χ2v) is 3.60. The van der Waals surface area contributed by atoms with E-state index < -0.39 is 0 Å². The summed E-state index contributed by atoms with van der Waals surface area (Å²) in [5.41, 5.74) is 1.47. The highest BCUT2D eigenvalue weighted by Crippen LogP contribution is 2.01. The molecule has 1 nitrogen and oxygen atoms in total. The highest BCUT2D eigenvalue weighted by atomic mass is 32.2. The van der Waals surface area contributed by atoms with Crippen molar-refractivity contribution < 1.29 is 0 Å². The van der Waals surface area contributed by atoms with Gasteiger partial charge in [-0.1, -0.05) is 36.6 Å². The molecular weight excluding hydrogens is 166 g/mol. The van der Waals surface area contributed by atoms with Crippen LogP contribution in [-0.4, -0.2) is 12.3 Å². The Balaban J connectivity index is 3.15. The Morgan fingerprint density at radius 3 is 2.92 bits per heavy atom. The van der Waals surface area contributed by atoms with Crippen LogP contribution in [0.25, 0.3) is 0 Å². The van der Waals surface area contributed by atoms with Gasteiger partial charge in [0.15, 0.2) is 0 Å². The molecule has 0 aromatic carbocycles. The fourth-order valence-electron chi connectivity index (χ4n) is 0.620. The first-order valence-corrected chi connectivity index (χ1v) is 5.41. The number of nitrogens with one attached hydrogen (secondary N) is 1. The fraction of sp³-hybridized carbons (Fsp3) is 0.600. The molecule has 0 spiro atoms. The summed E-state index contributed by atoms with van der Waals surface area (Å²) < 4.78 is 3.27. The van der Waals surface area contributed by atoms with Crippen molar-refractivity contribution in [3.8, 4) is 0 Å². The third-order valence-corrected chi connectivity index (χ3v) is 2.37. The van der Waals surface area contributed by atoms with Crippen molar-refractivity contribution >= 4 is 11.9 Å². The molecule has 70 valence electrons. The van der Waals surface area contributed by atoms with Gasteiger partial charge >= 0.3 is 0 Å². The first-order valence-electron chi connectivity index (χ1n) is 4.42. The van der Waals surface area contributed by atoms with Crippen LogP contribution in [0.2, 0.25) is 0 Å². The molecule has 12 heavy (non-hydrogen) atoms. The molecule has 0 saturated heterocycles. The molecule has 0 aromatic rings. The van der Waals surface area contributed by atoms with E-state index in [9.17, 15) is 0 Å². The van der Waals surface area contributed by atoms with Gasteiger partial charge in [-0.2, -0.15) is 0 Å². The highest BCUT2D eigenvalue weighted by molar-refractivity contribution is 7.97. The van der Waals surface area contributed by atoms with E-state index in [-0.39, 0.29) is 0 Å². The minimum Gasteiger partial charge on any atom is -0.264 e. The maximum Gasteiger partial charge on any atom is 0.0262 e. The number of rotatable bonds is 7. The average Bonchev–Trinajstić information content (AvgIpc) is 2.10. The predicted octanol–water partition coefficient (Wildman–Crippen LogP) is 3.16. The summed E-state index contributed by atoms with van der Waals surface area (Å²) in [7, 11) is 0. The third kappa shape index (κ3) is 7.89. The van der Waals surface area contributed by atoms with E-state index >= 15 is 0 Å². The van der Waals surface area contributed by atoms with Crippen LogP contribution in [0, 0.1) is 0 Å². The Morgan fingerprint density at radius 2 is 2.33 bits per heavy atom. The van der Waals surface area contributed by atoms with Gasteiger partial charge in [0.2, 0.25) is 0 Å². The summed E-state index contributed by atoms with van der Waals surface area (Å²) in [4.78, 5) is 0. The molecule has 0 rings (SSSR count). The molecule has 0 atom stereocenters. The molecule has 0 unspecified atom stereocenters. The first-order chi connectivity index (χ1) is 5.81. The van der Waals surface area contributed by atoms with Crippen LogP contribution in [0.1, 0.15) is 26.7 Å². The standard InChI is InChI=1S/C10H19NS/c1-4-6-8-11-12-9-7-10(3)5-2/h4,7,11H,1,5-6,8-9H2,2-3H3/b10-7-. The van der Waals surface area contributed by atoms with Crippen molar-refractivity contribution in [2.24, 2.45) is 0 Å². The van der Waals surface area contributed by atoms with Gasteiger partial charge in [-0.3, -0.25) is 4.72 Å². The van der Waals surface area contributed by atoms with Gasteiger partial charge < -0.3 is 0 Å². The van der Waals surface area contributed by atoms with Gasteiger partial charge in [-0.15, -0.1) is 6.58 Å². The fourth-order valence-corrected chi connectivity index (χ4v) is 1.37. The Morgan fingerprint density at radius 1 is 1.58 bits per heavy atom. The topological polar surface area (TPSA) is 12.0 Å². The van der Waals surface area contributed by atoms with Gasteiger partial charge in [0.25, 0.3) is 0 Å². The van der Waals surface area contributed by atoms with Gasteiger partial charge in [0, 0.05) is 12.3 Å². The van der Waals surface area contributed by atoms with Crippen molar-refractivity contribution in [3.63, 3.8) is 0 Å². The summed E-state index contributed by atoms with van der Waals surface area (Å²) >= 11 is 1.76. The molecular formula is C10H19NS. The first kappa shape index (κ1) is 11.8. The van der Waals surface area contributed by atoms with Crippen LogP contribution in [0.3, 0.4) is 0 Å². The van der Waals surface area contributed by atoms with E-state index in [1.54, 1.807) is 11.9 Å². The lowest BCUT2D eigenvalue weighted by Gasteiger charge is -1.99. The number of hydrogen-bond donors (Lipinski definition) is 1. The van der Waals surface area contributed by atoms with Crippen LogP contribution in [0.5, 0.6) is 0 Å². The van der Waals surface area contributed by atoms with Crippen molar-refractivity contribution in [2.75, 3.05) is 12.3 Å². The Kier molecular flexibility index (Phi) is 8.73. The summed E-state index contributed by atoms with van der Waals surface area (Å²) in [6.45, 7) is 9.03. The van der Waals surface area contributed by atoms with Gasteiger partial charge in [-0.25, -0.2) is 0 Å². The Hall–Kier alpha value is -0.210. The maximum atomic E-state index is 3.66. The lowest BCUT2D eigenvalue weighted by molar-refractivity contribution is 0.940. The van der Waals surface area contributed by atoms with Crippen molar-refractivity contribution in [1.29, 1.82) is 0 Å². The van der Waals surface area contributed by atoms with Gasteiger partial charge in [0.1, 0.15) is 0 Å². The zero-order valence-electron chi connectivity index (χ0n) is 8.10. The van der Waals surface area contributed by atoms with Gasteiger partial charge in [0.05, 0.1) is 0 Å². The van der Waals surface area contributed by atoms with Gasteiger partial charge in [-0.05, 0) is 19.8 Å². The summed E-state index contributed by atoms with van der Waals surface area (Å²) in [5, 5.41) is 0. The molecule has 0 radical (unpaired) electrons. The summed E-state index contributed by atoms with van der Waals surface area (Å²) in [5.74, 6) is 1.07. The molecule has 0 aliphatic heterocycles. The lowest BCUT2D eigenvalue weighted by atomic mass is 10.2. The van der Waals surface area contributed by atoms with Crippen molar-refractivity contribution in [3.05, 3.63) is 24.3 Å². The quantitative estimate of drug-likeness (QED) is 0.371. The molecule has 1 N–H and O–H groups in total. The van der Waals surface area contributed by atoms with Crippen LogP contribution in [0.4, 0.5) is 0 Å². The van der Waals surface area contributed by atoms with Crippen LogP contribution in [0.15, 0.2) is 24.3 Å². The van der Waals surface area contributed by atoms with E-state index in [0.717, 1.165) is 25.1 Å². The smallest absolute Gasteiger partial charge is 0.0262 e. The van der Waals surface area contributed by atoms with Crippen LogP contribution >= 0.6 is 11.9 Å². The van der Waals surface area contributed by atoms with E-state index in [1.807, 2.05) is 6.08 Å². The van der Waals surface area contributed by atoms with E-state index in [4.69, 9.17) is 0 Å². The molecule has 2 heteroatoms. The van der Waals surface area contributed by atoms with Crippen LogP contribution < -0.4 is 4.72 Å². The minimum atomic E-state index is 1.02. The maximum absolute atomic E-state index is 3.66. The normalized spacial score (nSPS) is 11.7. The Labute approximate surface area is 80.5 Å². The number of hydrogen-bond acceptors (Lipinski definition) is 2.